The fourth-order valence-corrected chi connectivity index (χ4v) is 1.64. The number of hydrogen-bond donors (Lipinski definition) is 2. The molecule has 2 aromatic carbocycles. The molecule has 0 saturated heterocycles. The first-order chi connectivity index (χ1) is 9.08. The van der Waals surface area contributed by atoms with E-state index in [9.17, 15) is 9.90 Å². The summed E-state index contributed by atoms with van der Waals surface area (Å²) in [6.07, 6.45) is 0. The molecular formula is C15H14O4. The maximum Gasteiger partial charge on any atom is 0.310 e. The molecule has 98 valence electrons. The highest BCUT2D eigenvalue weighted by molar-refractivity contribution is 5.75. The van der Waals surface area contributed by atoms with E-state index in [0.717, 1.165) is 0 Å². The number of aliphatic carboxylic acids is 1. The lowest BCUT2D eigenvalue weighted by Gasteiger charge is -2.11. The van der Waals surface area contributed by atoms with Crippen LogP contribution in [0, 0.1) is 0 Å². The number of benzene rings is 2. The second-order valence-corrected chi connectivity index (χ2v) is 4.20. The van der Waals surface area contributed by atoms with Gasteiger partial charge in [0, 0.05) is 0 Å². The Labute approximate surface area is 110 Å². The van der Waals surface area contributed by atoms with Gasteiger partial charge in [-0.15, -0.1) is 0 Å². The van der Waals surface area contributed by atoms with Crippen molar-refractivity contribution in [1.82, 2.24) is 0 Å². The maximum atomic E-state index is 11.0. The Morgan fingerprint density at radius 3 is 2.47 bits per heavy atom. The van der Waals surface area contributed by atoms with Crippen LogP contribution in [0.5, 0.6) is 17.2 Å². The molecule has 0 heterocycles. The van der Waals surface area contributed by atoms with Gasteiger partial charge in [0.1, 0.15) is 5.75 Å². The molecule has 2 N–H and O–H groups in total. The molecule has 4 nitrogen and oxygen atoms in total. The van der Waals surface area contributed by atoms with E-state index in [0.29, 0.717) is 11.3 Å². The molecule has 0 aromatic heterocycles. The van der Waals surface area contributed by atoms with E-state index < -0.39 is 11.9 Å². The smallest absolute Gasteiger partial charge is 0.310 e. The first-order valence-electron chi connectivity index (χ1n) is 5.86. The fourth-order valence-electron chi connectivity index (χ4n) is 1.64. The molecule has 1 unspecified atom stereocenters. The van der Waals surface area contributed by atoms with Crippen molar-refractivity contribution in [3.63, 3.8) is 0 Å². The molecule has 2 aromatic rings. The average molecular weight is 258 g/mol. The van der Waals surface area contributed by atoms with Crippen LogP contribution in [0.1, 0.15) is 18.4 Å². The Kier molecular flexibility index (Phi) is 3.71. The van der Waals surface area contributed by atoms with E-state index in [1.54, 1.807) is 31.2 Å². The third kappa shape index (κ3) is 3.04. The lowest BCUT2D eigenvalue weighted by Crippen LogP contribution is -2.07. The van der Waals surface area contributed by atoms with Crippen LogP contribution < -0.4 is 4.74 Å². The summed E-state index contributed by atoms with van der Waals surface area (Å²) in [5.74, 6) is -0.769. The van der Waals surface area contributed by atoms with Crippen LogP contribution in [-0.4, -0.2) is 16.2 Å². The van der Waals surface area contributed by atoms with Gasteiger partial charge >= 0.3 is 5.97 Å². The zero-order valence-corrected chi connectivity index (χ0v) is 10.4. The van der Waals surface area contributed by atoms with Crippen LogP contribution in [0.25, 0.3) is 0 Å². The van der Waals surface area contributed by atoms with Gasteiger partial charge in [0.05, 0.1) is 5.92 Å². The summed E-state index contributed by atoms with van der Waals surface area (Å²) in [5, 5.41) is 18.7. The Bertz CT molecular complexity index is 578. The van der Waals surface area contributed by atoms with Crippen molar-refractivity contribution in [2.24, 2.45) is 0 Å². The third-order valence-corrected chi connectivity index (χ3v) is 2.83. The van der Waals surface area contributed by atoms with Gasteiger partial charge in [-0.1, -0.05) is 24.3 Å². The summed E-state index contributed by atoms with van der Waals surface area (Å²) in [5.41, 5.74) is 0.580. The van der Waals surface area contributed by atoms with Crippen molar-refractivity contribution in [3.05, 3.63) is 54.1 Å². The Morgan fingerprint density at radius 1 is 1.16 bits per heavy atom. The van der Waals surface area contributed by atoms with Crippen molar-refractivity contribution in [3.8, 4) is 17.2 Å². The summed E-state index contributed by atoms with van der Waals surface area (Å²) >= 11 is 0. The summed E-state index contributed by atoms with van der Waals surface area (Å²) in [7, 11) is 0. The summed E-state index contributed by atoms with van der Waals surface area (Å²) in [4.78, 5) is 11.0. The molecule has 0 saturated carbocycles. The van der Waals surface area contributed by atoms with Gasteiger partial charge in [0.25, 0.3) is 0 Å². The number of carbonyl (C=O) groups is 1. The normalized spacial score (nSPS) is 11.8. The van der Waals surface area contributed by atoms with Crippen molar-refractivity contribution in [2.75, 3.05) is 0 Å². The number of para-hydroxylation sites is 1. The van der Waals surface area contributed by atoms with E-state index in [-0.39, 0.29) is 11.5 Å². The van der Waals surface area contributed by atoms with Gasteiger partial charge in [-0.2, -0.15) is 0 Å². The first-order valence-corrected chi connectivity index (χ1v) is 5.86. The molecular weight excluding hydrogens is 244 g/mol. The lowest BCUT2D eigenvalue weighted by atomic mass is 10.0. The topological polar surface area (TPSA) is 66.8 Å². The van der Waals surface area contributed by atoms with E-state index >= 15 is 0 Å². The Hall–Kier alpha value is -2.49. The van der Waals surface area contributed by atoms with E-state index in [1.807, 2.05) is 18.2 Å². The molecule has 0 bridgehead atoms. The van der Waals surface area contributed by atoms with Gasteiger partial charge in [-0.25, -0.2) is 0 Å². The van der Waals surface area contributed by atoms with Crippen LogP contribution in [-0.2, 0) is 4.79 Å². The fraction of sp³-hybridized carbons (Fsp3) is 0.133. The number of carboxylic acid groups (broad SMARTS) is 1. The number of hydrogen-bond acceptors (Lipinski definition) is 3. The molecule has 1 atom stereocenters. The van der Waals surface area contributed by atoms with Gasteiger partial charge < -0.3 is 14.9 Å². The van der Waals surface area contributed by atoms with Crippen LogP contribution in [0.3, 0.4) is 0 Å². The van der Waals surface area contributed by atoms with Crippen molar-refractivity contribution >= 4 is 5.97 Å². The Morgan fingerprint density at radius 2 is 1.84 bits per heavy atom. The predicted molar refractivity (Wildman–Crippen MR) is 70.7 cm³/mol. The quantitative estimate of drug-likeness (QED) is 0.882. The molecule has 0 radical (unpaired) electrons. The zero-order chi connectivity index (χ0) is 13.8. The molecule has 0 aliphatic rings. The summed E-state index contributed by atoms with van der Waals surface area (Å²) in [6.45, 7) is 1.58. The van der Waals surface area contributed by atoms with Crippen molar-refractivity contribution < 1.29 is 19.7 Å². The molecule has 0 fully saturated rings. The number of ether oxygens (including phenoxy) is 1. The van der Waals surface area contributed by atoms with Crippen molar-refractivity contribution in [2.45, 2.75) is 12.8 Å². The predicted octanol–water partition coefficient (Wildman–Crippen LogP) is 3.37. The molecule has 0 aliphatic carbocycles. The van der Waals surface area contributed by atoms with Crippen molar-refractivity contribution in [1.29, 1.82) is 0 Å². The highest BCUT2D eigenvalue weighted by atomic mass is 16.5. The molecule has 0 aliphatic heterocycles. The summed E-state index contributed by atoms with van der Waals surface area (Å²) in [6, 6.07) is 13.6. The summed E-state index contributed by atoms with van der Waals surface area (Å²) < 4.78 is 5.54. The largest absolute Gasteiger partial charge is 0.504 e. The van der Waals surface area contributed by atoms with Crippen LogP contribution in [0.4, 0.5) is 0 Å². The number of carboxylic acids is 1. The molecule has 19 heavy (non-hydrogen) atoms. The van der Waals surface area contributed by atoms with E-state index in [1.165, 1.54) is 6.07 Å². The third-order valence-electron chi connectivity index (χ3n) is 2.83. The number of phenols is 1. The second-order valence-electron chi connectivity index (χ2n) is 4.20. The maximum absolute atomic E-state index is 11.0. The standard InChI is InChI=1S/C15H14O4/c1-10(15(17)18)11-7-8-13(16)14(9-11)19-12-5-3-2-4-6-12/h2-10,16H,1H3,(H,17,18). The van der Waals surface area contributed by atoms with Crippen LogP contribution in [0.2, 0.25) is 0 Å². The zero-order valence-electron chi connectivity index (χ0n) is 10.4. The van der Waals surface area contributed by atoms with Crippen LogP contribution >= 0.6 is 0 Å². The average Bonchev–Trinajstić information content (AvgIpc) is 2.41. The highest BCUT2D eigenvalue weighted by Gasteiger charge is 2.16. The van der Waals surface area contributed by atoms with Gasteiger partial charge in [-0.05, 0) is 36.8 Å². The minimum absolute atomic E-state index is 0.0230. The van der Waals surface area contributed by atoms with Gasteiger partial charge in [0.2, 0.25) is 0 Å². The minimum Gasteiger partial charge on any atom is -0.504 e. The van der Waals surface area contributed by atoms with E-state index in [4.69, 9.17) is 9.84 Å². The van der Waals surface area contributed by atoms with Gasteiger partial charge in [0.15, 0.2) is 11.5 Å². The number of aromatic hydroxyl groups is 1. The SMILES string of the molecule is CC(C(=O)O)c1ccc(O)c(Oc2ccccc2)c1. The number of rotatable bonds is 4. The van der Waals surface area contributed by atoms with E-state index in [2.05, 4.69) is 0 Å². The highest BCUT2D eigenvalue weighted by Crippen LogP contribution is 2.33. The molecule has 0 spiro atoms. The van der Waals surface area contributed by atoms with Crippen LogP contribution in [0.15, 0.2) is 48.5 Å². The molecule has 2 rings (SSSR count). The molecule has 0 amide bonds. The lowest BCUT2D eigenvalue weighted by molar-refractivity contribution is -0.138. The monoisotopic (exact) mass is 258 g/mol. The number of phenolic OH excluding ortho intramolecular Hbond substituents is 1. The van der Waals surface area contributed by atoms with Gasteiger partial charge in [-0.3, -0.25) is 4.79 Å². The first kappa shape index (κ1) is 13.0. The Balaban J connectivity index is 2.30. The minimum atomic E-state index is -0.920. The molecule has 4 heteroatoms. The second kappa shape index (κ2) is 5.44.